The van der Waals surface area contributed by atoms with Gasteiger partial charge in [0.1, 0.15) is 17.7 Å². The largest absolute Gasteiger partial charge is 0.356 e. The fourth-order valence-corrected chi connectivity index (χ4v) is 3.60. The number of piperidine rings is 1. The van der Waals surface area contributed by atoms with Crippen LogP contribution in [0.25, 0.3) is 0 Å². The predicted molar refractivity (Wildman–Crippen MR) is 107 cm³/mol. The molecule has 1 unspecified atom stereocenters. The first-order chi connectivity index (χ1) is 13.3. The van der Waals surface area contributed by atoms with E-state index in [4.69, 9.17) is 0 Å². The highest BCUT2D eigenvalue weighted by Gasteiger charge is 2.30. The van der Waals surface area contributed by atoms with Crippen molar-refractivity contribution in [2.75, 3.05) is 23.3 Å². The lowest BCUT2D eigenvalue weighted by Gasteiger charge is -2.34. The third-order valence-corrected chi connectivity index (χ3v) is 5.28. The molecule has 2 aromatic heterocycles. The fourth-order valence-electron chi connectivity index (χ4n) is 3.36. The summed E-state index contributed by atoms with van der Waals surface area (Å²) in [4.78, 5) is 43.2. The van der Waals surface area contributed by atoms with Gasteiger partial charge in [0, 0.05) is 37.9 Å². The molecule has 1 atom stereocenters. The number of nitrogens with one attached hydrogen (secondary N) is 1. The molecule has 1 N–H and O–H groups in total. The Balaban J connectivity index is 1.87. The predicted octanol–water partition coefficient (Wildman–Crippen LogP) is 0.968. The van der Waals surface area contributed by atoms with Crippen molar-refractivity contribution >= 4 is 33.5 Å². The number of rotatable bonds is 3. The minimum Gasteiger partial charge on any atom is -0.356 e. The molecule has 0 bridgehead atoms. The summed E-state index contributed by atoms with van der Waals surface area (Å²) in [6, 6.07) is 5.39. The summed E-state index contributed by atoms with van der Waals surface area (Å²) in [5.74, 6) is 0.163. The topological polar surface area (TPSA) is 113 Å². The standard InChI is InChI=1S/C18H19BrN6O3/c1-23-16(13(8-20)17(27)24(2)18(23)28)25-7-3-4-11(10-25)15(26)22-14-6-5-12(19)9-21-14/h5-6,9,11H,3-4,7,10H2,1-2H3,(H,21,22,26). The summed E-state index contributed by atoms with van der Waals surface area (Å²) in [7, 11) is 2.86. The molecule has 0 aromatic carbocycles. The molecule has 0 spiro atoms. The first-order valence-corrected chi connectivity index (χ1v) is 9.50. The molecule has 146 valence electrons. The lowest BCUT2D eigenvalue weighted by Crippen LogP contribution is -2.47. The van der Waals surface area contributed by atoms with Crippen LogP contribution in [-0.4, -0.2) is 33.1 Å². The molecule has 0 aliphatic carbocycles. The summed E-state index contributed by atoms with van der Waals surface area (Å²) < 4.78 is 3.01. The van der Waals surface area contributed by atoms with Gasteiger partial charge in [-0.15, -0.1) is 0 Å². The Morgan fingerprint density at radius 1 is 1.32 bits per heavy atom. The third kappa shape index (κ3) is 3.71. The number of halogens is 1. The number of nitrogens with zero attached hydrogens (tertiary/aromatic N) is 5. The van der Waals surface area contributed by atoms with Gasteiger partial charge in [-0.25, -0.2) is 9.78 Å². The SMILES string of the molecule is Cn1c(N2CCCC(C(=O)Nc3ccc(Br)cn3)C2)c(C#N)c(=O)n(C)c1=O. The number of carbonyl (C=O) groups is 1. The van der Waals surface area contributed by atoms with Gasteiger partial charge in [0.25, 0.3) is 5.56 Å². The first-order valence-electron chi connectivity index (χ1n) is 8.71. The molecule has 1 aliphatic heterocycles. The maximum Gasteiger partial charge on any atom is 0.332 e. The molecule has 0 saturated carbocycles. The van der Waals surface area contributed by atoms with E-state index in [1.807, 2.05) is 6.07 Å². The Morgan fingerprint density at radius 2 is 2.07 bits per heavy atom. The van der Waals surface area contributed by atoms with Gasteiger partial charge in [0.05, 0.1) is 5.92 Å². The quantitative estimate of drug-likeness (QED) is 0.751. The fraction of sp³-hybridized carbons (Fsp3) is 0.389. The molecule has 1 amide bonds. The molecule has 2 aromatic rings. The average molecular weight is 447 g/mol. The maximum absolute atomic E-state index is 12.7. The summed E-state index contributed by atoms with van der Waals surface area (Å²) >= 11 is 3.30. The van der Waals surface area contributed by atoms with Crippen LogP contribution in [0.1, 0.15) is 18.4 Å². The Bertz CT molecular complexity index is 1070. The Morgan fingerprint density at radius 3 is 2.71 bits per heavy atom. The van der Waals surface area contributed by atoms with Crippen LogP contribution in [0, 0.1) is 17.2 Å². The van der Waals surface area contributed by atoms with E-state index in [0.717, 1.165) is 9.04 Å². The number of nitriles is 1. The zero-order valence-corrected chi connectivity index (χ0v) is 17.1. The van der Waals surface area contributed by atoms with Crippen molar-refractivity contribution in [3.05, 3.63) is 49.2 Å². The molecule has 28 heavy (non-hydrogen) atoms. The molecule has 1 saturated heterocycles. The van der Waals surface area contributed by atoms with Gasteiger partial charge < -0.3 is 10.2 Å². The van der Waals surface area contributed by atoms with Crippen LogP contribution in [0.3, 0.4) is 0 Å². The second-order valence-electron chi connectivity index (χ2n) is 6.65. The number of anilines is 2. The average Bonchev–Trinajstić information content (AvgIpc) is 2.70. The zero-order chi connectivity index (χ0) is 20.4. The highest BCUT2D eigenvalue weighted by Crippen LogP contribution is 2.24. The van der Waals surface area contributed by atoms with Crippen LogP contribution in [0.2, 0.25) is 0 Å². The second-order valence-corrected chi connectivity index (χ2v) is 7.57. The molecule has 1 aliphatic rings. The summed E-state index contributed by atoms with van der Waals surface area (Å²) in [5.41, 5.74) is -1.24. The van der Waals surface area contributed by atoms with E-state index in [-0.39, 0.29) is 23.2 Å². The van der Waals surface area contributed by atoms with Crippen molar-refractivity contribution in [2.24, 2.45) is 20.0 Å². The lowest BCUT2D eigenvalue weighted by molar-refractivity contribution is -0.120. The Labute approximate surface area is 169 Å². The zero-order valence-electron chi connectivity index (χ0n) is 15.5. The molecule has 3 rings (SSSR count). The van der Waals surface area contributed by atoms with Crippen molar-refractivity contribution in [3.63, 3.8) is 0 Å². The first kappa shape index (κ1) is 19.8. The van der Waals surface area contributed by atoms with Gasteiger partial charge in [-0.3, -0.25) is 18.7 Å². The van der Waals surface area contributed by atoms with Crippen LogP contribution in [0.5, 0.6) is 0 Å². The van der Waals surface area contributed by atoms with E-state index < -0.39 is 11.2 Å². The lowest BCUT2D eigenvalue weighted by atomic mass is 9.96. The van der Waals surface area contributed by atoms with Gasteiger partial charge in [0.15, 0.2) is 5.56 Å². The van der Waals surface area contributed by atoms with E-state index in [0.29, 0.717) is 31.7 Å². The van der Waals surface area contributed by atoms with Crippen LogP contribution >= 0.6 is 15.9 Å². The second kappa shape index (κ2) is 7.98. The third-order valence-electron chi connectivity index (χ3n) is 4.82. The minimum absolute atomic E-state index is 0.0970. The van der Waals surface area contributed by atoms with Gasteiger partial charge in [0.2, 0.25) is 5.91 Å². The normalized spacial score (nSPS) is 16.5. The highest BCUT2D eigenvalue weighted by atomic mass is 79.9. The van der Waals surface area contributed by atoms with E-state index in [9.17, 15) is 19.6 Å². The van der Waals surface area contributed by atoms with Crippen molar-refractivity contribution in [3.8, 4) is 6.07 Å². The summed E-state index contributed by atoms with van der Waals surface area (Å²) in [6.45, 7) is 0.854. The minimum atomic E-state index is -0.633. The van der Waals surface area contributed by atoms with E-state index in [2.05, 4.69) is 26.2 Å². The van der Waals surface area contributed by atoms with E-state index >= 15 is 0 Å². The smallest absolute Gasteiger partial charge is 0.332 e. The molecule has 0 radical (unpaired) electrons. The summed E-state index contributed by atoms with van der Waals surface area (Å²) in [6.07, 6.45) is 2.96. The molecule has 3 heterocycles. The molecule has 9 nitrogen and oxygen atoms in total. The van der Waals surface area contributed by atoms with Gasteiger partial charge in [-0.2, -0.15) is 5.26 Å². The monoisotopic (exact) mass is 446 g/mol. The van der Waals surface area contributed by atoms with Crippen molar-refractivity contribution in [2.45, 2.75) is 12.8 Å². The van der Waals surface area contributed by atoms with Crippen molar-refractivity contribution in [1.29, 1.82) is 5.26 Å². The molecule has 10 heteroatoms. The molecular formula is C18H19BrN6O3. The number of pyridine rings is 1. The van der Waals surface area contributed by atoms with E-state index in [1.165, 1.54) is 18.7 Å². The van der Waals surface area contributed by atoms with Crippen LogP contribution < -0.4 is 21.5 Å². The number of aromatic nitrogens is 3. The van der Waals surface area contributed by atoms with Crippen LogP contribution in [0.4, 0.5) is 11.6 Å². The number of carbonyl (C=O) groups excluding carboxylic acids is 1. The van der Waals surface area contributed by atoms with Gasteiger partial charge >= 0.3 is 5.69 Å². The van der Waals surface area contributed by atoms with Gasteiger partial charge in [-0.05, 0) is 40.9 Å². The van der Waals surface area contributed by atoms with Crippen LogP contribution in [0.15, 0.2) is 32.4 Å². The summed E-state index contributed by atoms with van der Waals surface area (Å²) in [5, 5.41) is 12.3. The number of hydrogen-bond donors (Lipinski definition) is 1. The van der Waals surface area contributed by atoms with E-state index in [1.54, 1.807) is 23.2 Å². The van der Waals surface area contributed by atoms with Crippen molar-refractivity contribution in [1.82, 2.24) is 14.1 Å². The highest BCUT2D eigenvalue weighted by molar-refractivity contribution is 9.10. The maximum atomic E-state index is 12.7. The number of hydrogen-bond acceptors (Lipinski definition) is 6. The molecular weight excluding hydrogens is 428 g/mol. The van der Waals surface area contributed by atoms with Gasteiger partial charge in [-0.1, -0.05) is 0 Å². The number of amides is 1. The Kier molecular flexibility index (Phi) is 5.65. The van der Waals surface area contributed by atoms with Crippen LogP contribution in [-0.2, 0) is 18.9 Å². The van der Waals surface area contributed by atoms with Crippen molar-refractivity contribution < 1.29 is 4.79 Å². The Hall–Kier alpha value is -2.93. The molecule has 1 fully saturated rings.